The average Bonchev–Trinajstić information content (AvgIpc) is 2.31. The topological polar surface area (TPSA) is 12.9 Å². The van der Waals surface area contributed by atoms with Crippen molar-refractivity contribution in [2.75, 3.05) is 0 Å². The summed E-state index contributed by atoms with van der Waals surface area (Å²) in [6.45, 7) is 4.09. The van der Waals surface area contributed by atoms with Crippen molar-refractivity contribution in [3.8, 4) is 0 Å². The highest BCUT2D eigenvalue weighted by atomic mass is 28.2. The van der Waals surface area contributed by atoms with Crippen LogP contribution in [0.1, 0.15) is 5.56 Å². The fourth-order valence-corrected chi connectivity index (χ4v) is 2.31. The van der Waals surface area contributed by atoms with Gasteiger partial charge in [0.2, 0.25) is 0 Å². The molecule has 1 aromatic heterocycles. The molecule has 0 saturated heterocycles. The summed E-state index contributed by atoms with van der Waals surface area (Å²) < 4.78 is 0. The Morgan fingerprint density at radius 3 is 2.53 bits per heavy atom. The van der Waals surface area contributed by atoms with E-state index in [1.165, 1.54) is 5.19 Å². The predicted octanol–water partition coefficient (Wildman–Crippen LogP) is 2.08. The fraction of sp³-hybridized carbons (Fsp3) is 0. The van der Waals surface area contributed by atoms with Crippen molar-refractivity contribution < 1.29 is 0 Å². The second-order valence-corrected chi connectivity index (χ2v) is 4.64. The molecular weight excluding hydrogens is 198 g/mol. The Bertz CT molecular complexity index is 437. The van der Waals surface area contributed by atoms with Crippen LogP contribution in [0, 0.1) is 0 Å². The molecule has 0 unspecified atom stereocenters. The van der Waals surface area contributed by atoms with Gasteiger partial charge in [-0.05, 0) is 11.6 Å². The van der Waals surface area contributed by atoms with Gasteiger partial charge in [0.25, 0.3) is 0 Å². The van der Waals surface area contributed by atoms with Crippen LogP contribution in [-0.2, 0) is 0 Å². The van der Waals surface area contributed by atoms with Gasteiger partial charge in [-0.2, -0.15) is 0 Å². The smallest absolute Gasteiger partial charge is 0.121 e. The van der Waals surface area contributed by atoms with E-state index in [1.54, 1.807) is 6.20 Å². The summed E-state index contributed by atoms with van der Waals surface area (Å²) in [5, 5.41) is 2.45. The van der Waals surface area contributed by atoms with Crippen molar-refractivity contribution in [1.29, 1.82) is 0 Å². The number of rotatable bonds is 3. The quantitative estimate of drug-likeness (QED) is 0.705. The van der Waals surface area contributed by atoms with Crippen molar-refractivity contribution in [3.63, 3.8) is 0 Å². The highest BCUT2D eigenvalue weighted by molar-refractivity contribution is 6.72. The lowest BCUT2D eigenvalue weighted by molar-refractivity contribution is 1.32. The maximum absolute atomic E-state index is 4.09. The maximum atomic E-state index is 4.09. The predicted molar refractivity (Wildman–Crippen MR) is 65.1 cm³/mol. The first kappa shape index (κ1) is 9.87. The molecule has 2 rings (SSSR count). The molecule has 0 aliphatic heterocycles. The van der Waals surface area contributed by atoms with E-state index in [1.807, 2.05) is 24.4 Å². The molecule has 1 aromatic carbocycles. The Morgan fingerprint density at radius 2 is 1.87 bits per heavy atom. The largest absolute Gasteiger partial charge is 0.264 e. The Labute approximate surface area is 92.3 Å². The lowest BCUT2D eigenvalue weighted by atomic mass is 10.3. The van der Waals surface area contributed by atoms with Crippen LogP contribution in [0.15, 0.2) is 61.4 Å². The molecule has 2 aromatic rings. The van der Waals surface area contributed by atoms with Crippen molar-refractivity contribution in [1.82, 2.24) is 4.98 Å². The number of hydrogen-bond acceptors (Lipinski definition) is 1. The van der Waals surface area contributed by atoms with Gasteiger partial charge in [-0.25, -0.2) is 0 Å². The summed E-state index contributed by atoms with van der Waals surface area (Å²) in [5.74, 6) is 0. The van der Waals surface area contributed by atoms with Crippen LogP contribution in [0.2, 0.25) is 0 Å². The summed E-state index contributed by atoms with van der Waals surface area (Å²) in [5.41, 5.74) is 1.12. The van der Waals surface area contributed by atoms with Gasteiger partial charge in [0.1, 0.15) is 9.52 Å². The molecule has 0 N–H and O–H groups in total. The number of aromatic nitrogens is 1. The van der Waals surface area contributed by atoms with Gasteiger partial charge in [-0.15, -0.1) is 0 Å². The molecule has 1 heterocycles. The van der Waals surface area contributed by atoms with Crippen LogP contribution in [0.5, 0.6) is 0 Å². The molecule has 0 aliphatic carbocycles. The van der Waals surface area contributed by atoms with Crippen molar-refractivity contribution in [2.45, 2.75) is 0 Å². The van der Waals surface area contributed by atoms with Crippen LogP contribution in [0.3, 0.4) is 0 Å². The number of nitrogens with zero attached hydrogens (tertiary/aromatic N) is 1. The third-order valence-electron chi connectivity index (χ3n) is 2.08. The van der Waals surface area contributed by atoms with Crippen molar-refractivity contribution in [3.05, 3.63) is 67.0 Å². The molecule has 72 valence electrons. The first-order valence-corrected chi connectivity index (χ1v) is 5.77. The Balaban J connectivity index is 2.12. The highest BCUT2D eigenvalue weighted by Crippen LogP contribution is 2.07. The van der Waals surface area contributed by atoms with Crippen LogP contribution >= 0.6 is 0 Å². The Morgan fingerprint density at radius 1 is 1.07 bits per heavy atom. The minimum Gasteiger partial charge on any atom is -0.264 e. The van der Waals surface area contributed by atoms with Crippen LogP contribution < -0.4 is 5.19 Å². The molecule has 1 nitrogen and oxygen atoms in total. The zero-order valence-electron chi connectivity index (χ0n) is 8.35. The van der Waals surface area contributed by atoms with E-state index < -0.39 is 0 Å². The average molecular weight is 209 g/mol. The molecule has 0 amide bonds. The molecular formula is C13H11NSi. The van der Waals surface area contributed by atoms with E-state index in [-0.39, 0.29) is 0 Å². The lowest BCUT2D eigenvalue weighted by Crippen LogP contribution is -2.14. The third-order valence-corrected chi connectivity index (χ3v) is 3.29. The van der Waals surface area contributed by atoms with E-state index >= 15 is 0 Å². The van der Waals surface area contributed by atoms with Crippen molar-refractivity contribution >= 4 is 19.9 Å². The SMILES string of the molecule is C=C([Si]c1ccccc1)c1cccnc1. The molecule has 2 heteroatoms. The van der Waals surface area contributed by atoms with Crippen LogP contribution in [-0.4, -0.2) is 14.5 Å². The fourth-order valence-electron chi connectivity index (χ4n) is 1.31. The number of pyridine rings is 1. The first-order valence-electron chi connectivity index (χ1n) is 4.77. The standard InChI is InChI=1S/C13H11NSi/c1-11(12-6-5-9-14-10-12)15-13-7-3-2-4-8-13/h2-10H,1H2. The Hall–Kier alpha value is -1.67. The zero-order valence-corrected chi connectivity index (χ0v) is 9.35. The second-order valence-electron chi connectivity index (χ2n) is 3.21. The summed E-state index contributed by atoms with van der Waals surface area (Å²) in [7, 11) is 0.621. The zero-order chi connectivity index (χ0) is 10.5. The maximum Gasteiger partial charge on any atom is 0.121 e. The third kappa shape index (κ3) is 2.64. The summed E-state index contributed by atoms with van der Waals surface area (Å²) in [4.78, 5) is 4.09. The molecule has 0 atom stereocenters. The second kappa shape index (κ2) is 4.71. The number of hydrogen-bond donors (Lipinski definition) is 0. The molecule has 0 bridgehead atoms. The van der Waals surface area contributed by atoms with E-state index in [4.69, 9.17) is 0 Å². The van der Waals surface area contributed by atoms with Gasteiger partial charge in [0.05, 0.1) is 0 Å². The number of benzene rings is 1. The van der Waals surface area contributed by atoms with Gasteiger partial charge in [0.15, 0.2) is 0 Å². The van der Waals surface area contributed by atoms with E-state index in [2.05, 4.69) is 35.8 Å². The first-order chi connectivity index (χ1) is 7.36. The van der Waals surface area contributed by atoms with Gasteiger partial charge < -0.3 is 0 Å². The minimum atomic E-state index is 0.621. The summed E-state index contributed by atoms with van der Waals surface area (Å²) in [6.07, 6.45) is 3.64. The monoisotopic (exact) mass is 209 g/mol. The molecule has 15 heavy (non-hydrogen) atoms. The van der Waals surface area contributed by atoms with E-state index in [9.17, 15) is 0 Å². The lowest BCUT2D eigenvalue weighted by Gasteiger charge is -2.03. The summed E-state index contributed by atoms with van der Waals surface area (Å²) in [6, 6.07) is 14.4. The van der Waals surface area contributed by atoms with Crippen LogP contribution in [0.25, 0.3) is 5.20 Å². The van der Waals surface area contributed by atoms with Crippen molar-refractivity contribution in [2.24, 2.45) is 0 Å². The highest BCUT2D eigenvalue weighted by Gasteiger charge is 2.01. The molecule has 2 radical (unpaired) electrons. The Kier molecular flexibility index (Phi) is 3.10. The molecule has 0 fully saturated rings. The molecule has 0 saturated carbocycles. The van der Waals surface area contributed by atoms with Crippen LogP contribution in [0.4, 0.5) is 0 Å². The minimum absolute atomic E-state index is 0.621. The summed E-state index contributed by atoms with van der Waals surface area (Å²) >= 11 is 0. The van der Waals surface area contributed by atoms with Gasteiger partial charge >= 0.3 is 0 Å². The van der Waals surface area contributed by atoms with Gasteiger partial charge in [0, 0.05) is 12.4 Å². The normalized spacial score (nSPS) is 9.87. The molecule has 0 aliphatic rings. The molecule has 0 spiro atoms. The van der Waals surface area contributed by atoms with Gasteiger partial charge in [-0.1, -0.05) is 53.4 Å². The van der Waals surface area contributed by atoms with Gasteiger partial charge in [-0.3, -0.25) is 4.98 Å². The van der Waals surface area contributed by atoms with E-state index in [0.29, 0.717) is 9.52 Å². The van der Waals surface area contributed by atoms with E-state index in [0.717, 1.165) is 10.8 Å².